The molecule has 0 spiro atoms. The molecule has 0 saturated heterocycles. The molecule has 1 aromatic carbocycles. The Labute approximate surface area is 179 Å². The minimum absolute atomic E-state index is 0.112. The highest BCUT2D eigenvalue weighted by molar-refractivity contribution is 6.12. The molecule has 0 amide bonds. The first-order valence-electron chi connectivity index (χ1n) is 10.9. The summed E-state index contributed by atoms with van der Waals surface area (Å²) in [6, 6.07) is 8.23. The molecule has 0 radical (unpaired) electrons. The topological polar surface area (TPSA) is 65.0 Å². The highest BCUT2D eigenvalue weighted by Crippen LogP contribution is 2.47. The van der Waals surface area contributed by atoms with Crippen molar-refractivity contribution in [3.8, 4) is 0 Å². The lowest BCUT2D eigenvalue weighted by atomic mass is 9.63. The number of ketones is 1. The molecular weight excluding hydrogens is 378 g/mol. The van der Waals surface area contributed by atoms with Crippen LogP contribution in [0, 0.1) is 11.3 Å². The fraction of sp³-hybridized carbons (Fsp3) is 0.560. The number of carbonyl (C=O) groups excluding carboxylic acids is 2. The molecule has 162 valence electrons. The second kappa shape index (κ2) is 9.25. The number of aliphatic imine (C=N–C) groups is 1. The van der Waals surface area contributed by atoms with Gasteiger partial charge in [0.1, 0.15) is 12.4 Å². The molecule has 1 fully saturated rings. The molecule has 0 bridgehead atoms. The van der Waals surface area contributed by atoms with Crippen LogP contribution in [-0.2, 0) is 25.5 Å². The average molecular weight is 412 g/mol. The van der Waals surface area contributed by atoms with E-state index in [0.29, 0.717) is 30.9 Å². The van der Waals surface area contributed by atoms with Crippen molar-refractivity contribution in [1.29, 1.82) is 0 Å². The zero-order chi connectivity index (χ0) is 21.9. The number of carbonyl (C=O) groups is 2. The third-order valence-electron chi connectivity index (χ3n) is 6.00. The summed E-state index contributed by atoms with van der Waals surface area (Å²) in [4.78, 5) is 31.1. The van der Waals surface area contributed by atoms with Crippen molar-refractivity contribution < 1.29 is 19.1 Å². The number of hydrogen-bond acceptors (Lipinski definition) is 5. The first-order valence-corrected chi connectivity index (χ1v) is 10.9. The molecule has 1 aromatic rings. The number of benzene rings is 1. The number of nitrogens with zero attached hydrogens (tertiary/aromatic N) is 1. The lowest BCUT2D eigenvalue weighted by Crippen LogP contribution is -2.44. The second-order valence-electron chi connectivity index (χ2n) is 8.97. The van der Waals surface area contributed by atoms with Gasteiger partial charge in [-0.2, -0.15) is 0 Å². The van der Waals surface area contributed by atoms with Gasteiger partial charge in [-0.05, 0) is 43.2 Å². The second-order valence-corrected chi connectivity index (χ2v) is 8.97. The van der Waals surface area contributed by atoms with E-state index in [1.165, 1.54) is 5.56 Å². The van der Waals surface area contributed by atoms with Crippen LogP contribution in [0.4, 0.5) is 0 Å². The van der Waals surface area contributed by atoms with E-state index >= 15 is 0 Å². The van der Waals surface area contributed by atoms with E-state index in [0.717, 1.165) is 24.1 Å². The average Bonchev–Trinajstić information content (AvgIpc) is 2.69. The smallest absolute Gasteiger partial charge is 0.336 e. The van der Waals surface area contributed by atoms with Crippen molar-refractivity contribution >= 4 is 17.5 Å². The number of hydrogen-bond donors (Lipinski definition) is 0. The quantitative estimate of drug-likeness (QED) is 0.484. The summed E-state index contributed by atoms with van der Waals surface area (Å²) in [6.07, 6.45) is 2.19. The Kier molecular flexibility index (Phi) is 6.91. The van der Waals surface area contributed by atoms with Crippen molar-refractivity contribution in [1.82, 2.24) is 0 Å². The molecule has 2 atom stereocenters. The van der Waals surface area contributed by atoms with Gasteiger partial charge < -0.3 is 9.47 Å². The maximum absolute atomic E-state index is 13.2. The van der Waals surface area contributed by atoms with Crippen molar-refractivity contribution in [3.05, 3.63) is 46.7 Å². The number of ether oxygens (including phenoxy) is 2. The Morgan fingerprint density at radius 2 is 1.80 bits per heavy atom. The Morgan fingerprint density at radius 1 is 1.10 bits per heavy atom. The van der Waals surface area contributed by atoms with E-state index in [1.54, 1.807) is 0 Å². The van der Waals surface area contributed by atoms with Crippen molar-refractivity contribution in [2.45, 2.75) is 59.8 Å². The van der Waals surface area contributed by atoms with Gasteiger partial charge in [0, 0.05) is 30.4 Å². The normalized spacial score (nSPS) is 23.1. The molecule has 5 heteroatoms. The summed E-state index contributed by atoms with van der Waals surface area (Å²) in [6.45, 7) is 11.2. The van der Waals surface area contributed by atoms with Gasteiger partial charge in [-0.1, -0.05) is 45.0 Å². The summed E-state index contributed by atoms with van der Waals surface area (Å²) in [5, 5.41) is 0. The monoisotopic (exact) mass is 411 g/mol. The molecule has 5 nitrogen and oxygen atoms in total. The van der Waals surface area contributed by atoms with Gasteiger partial charge >= 0.3 is 5.97 Å². The molecule has 1 aliphatic carbocycles. The zero-order valence-corrected chi connectivity index (χ0v) is 18.8. The number of rotatable bonds is 7. The van der Waals surface area contributed by atoms with Crippen LogP contribution >= 0.6 is 0 Å². The summed E-state index contributed by atoms with van der Waals surface area (Å²) in [7, 11) is 0. The van der Waals surface area contributed by atoms with Crippen LogP contribution in [0.3, 0.4) is 0 Å². The summed E-state index contributed by atoms with van der Waals surface area (Å²) in [5.41, 5.74) is 4.12. The molecule has 1 heterocycles. The molecular formula is C25H33NO4. The predicted octanol–water partition coefficient (Wildman–Crippen LogP) is 4.65. The number of allylic oxidation sites excluding steroid dienone is 1. The van der Waals surface area contributed by atoms with Gasteiger partial charge in [0.2, 0.25) is 0 Å². The fourth-order valence-electron chi connectivity index (χ4n) is 4.59. The van der Waals surface area contributed by atoms with Gasteiger partial charge in [0.05, 0.1) is 18.1 Å². The summed E-state index contributed by atoms with van der Waals surface area (Å²) < 4.78 is 10.8. The fourth-order valence-corrected chi connectivity index (χ4v) is 4.59. The van der Waals surface area contributed by atoms with Crippen molar-refractivity contribution in [2.24, 2.45) is 16.3 Å². The highest BCUT2D eigenvalue weighted by Gasteiger charge is 2.47. The minimum Gasteiger partial charge on any atom is -0.460 e. The van der Waals surface area contributed by atoms with Gasteiger partial charge in [-0.3, -0.25) is 9.79 Å². The van der Waals surface area contributed by atoms with Gasteiger partial charge in [-0.15, -0.1) is 0 Å². The molecule has 1 saturated carbocycles. The lowest BCUT2D eigenvalue weighted by molar-refractivity contribution is -0.141. The maximum Gasteiger partial charge on any atom is 0.336 e. The first-order chi connectivity index (χ1) is 14.3. The molecule has 1 aliphatic heterocycles. The Morgan fingerprint density at radius 3 is 2.43 bits per heavy atom. The predicted molar refractivity (Wildman–Crippen MR) is 118 cm³/mol. The largest absolute Gasteiger partial charge is 0.460 e. The number of aryl methyl sites for hydroxylation is 1. The Balaban J connectivity index is 2.01. The molecule has 0 N–H and O–H groups in total. The van der Waals surface area contributed by atoms with E-state index < -0.39 is 11.9 Å². The van der Waals surface area contributed by atoms with Crippen LogP contribution in [0.25, 0.3) is 0 Å². The summed E-state index contributed by atoms with van der Waals surface area (Å²) in [5.74, 6) is -1.01. The van der Waals surface area contributed by atoms with E-state index in [2.05, 4.69) is 32.9 Å². The van der Waals surface area contributed by atoms with E-state index in [9.17, 15) is 9.59 Å². The van der Waals surface area contributed by atoms with Gasteiger partial charge in [0.25, 0.3) is 0 Å². The van der Waals surface area contributed by atoms with E-state index in [1.807, 2.05) is 26.0 Å². The van der Waals surface area contributed by atoms with Gasteiger partial charge in [0.15, 0.2) is 0 Å². The standard InChI is InChI=1S/C25H33NO4/c1-6-17-8-10-18(11-9-17)22-21(24(28)30-13-12-29-7-2)16(3)26-19-14-25(4,5)15-20(27)23(19)22/h8-11,22-23H,6-7,12-15H2,1-5H3/t22-,23?/m1/s1. The summed E-state index contributed by atoms with van der Waals surface area (Å²) >= 11 is 0. The zero-order valence-electron chi connectivity index (χ0n) is 18.8. The van der Waals surface area contributed by atoms with Crippen LogP contribution in [0.2, 0.25) is 0 Å². The minimum atomic E-state index is -0.405. The Bertz CT molecular complexity index is 864. The van der Waals surface area contributed by atoms with Crippen LogP contribution in [0.1, 0.15) is 64.5 Å². The van der Waals surface area contributed by atoms with Crippen molar-refractivity contribution in [3.63, 3.8) is 0 Å². The first kappa shape index (κ1) is 22.4. The third kappa shape index (κ3) is 4.72. The molecule has 30 heavy (non-hydrogen) atoms. The van der Waals surface area contributed by atoms with Crippen LogP contribution < -0.4 is 0 Å². The molecule has 0 aromatic heterocycles. The number of Topliss-reactive ketones (excluding diaryl/α,β-unsaturated/α-hetero) is 1. The Hall–Kier alpha value is -2.27. The van der Waals surface area contributed by atoms with Crippen molar-refractivity contribution in [2.75, 3.05) is 19.8 Å². The maximum atomic E-state index is 13.2. The van der Waals surface area contributed by atoms with Gasteiger partial charge in [-0.25, -0.2) is 4.79 Å². The number of fused-ring (bicyclic) bond motifs is 1. The third-order valence-corrected chi connectivity index (χ3v) is 6.00. The highest BCUT2D eigenvalue weighted by atomic mass is 16.6. The van der Waals surface area contributed by atoms with E-state index in [-0.39, 0.29) is 23.7 Å². The molecule has 2 aliphatic rings. The number of esters is 1. The lowest BCUT2D eigenvalue weighted by Gasteiger charge is -2.41. The van der Waals surface area contributed by atoms with Crippen LogP contribution in [0.5, 0.6) is 0 Å². The molecule has 3 rings (SSSR count). The van der Waals surface area contributed by atoms with E-state index in [4.69, 9.17) is 14.5 Å². The SMILES string of the molecule is CCOCCOC(=O)C1=C(C)N=C2CC(C)(C)CC(=O)C2[C@@H]1c1ccc(CC)cc1. The van der Waals surface area contributed by atoms with Crippen LogP contribution in [-0.4, -0.2) is 37.3 Å². The van der Waals surface area contributed by atoms with Crippen LogP contribution in [0.15, 0.2) is 40.5 Å². The molecule has 1 unspecified atom stereocenters.